The topological polar surface area (TPSA) is 87.3 Å². The van der Waals surface area contributed by atoms with Crippen molar-refractivity contribution in [3.8, 4) is 11.8 Å². The molecule has 0 radical (unpaired) electrons. The van der Waals surface area contributed by atoms with Crippen LogP contribution < -0.4 is 15.4 Å². The number of halogens is 3. The number of benzene rings is 1. The van der Waals surface area contributed by atoms with Crippen molar-refractivity contribution in [3.05, 3.63) is 42.2 Å². The lowest BCUT2D eigenvalue weighted by Gasteiger charge is -2.15. The molecule has 2 N–H and O–H groups in total. The maximum Gasteiger partial charge on any atom is 0.573 e. The van der Waals surface area contributed by atoms with Gasteiger partial charge in [0.05, 0.1) is 23.0 Å². The van der Waals surface area contributed by atoms with Crippen molar-refractivity contribution in [1.82, 2.24) is 14.6 Å². The average molecular weight is 374 g/mol. The van der Waals surface area contributed by atoms with Gasteiger partial charge in [-0.3, -0.25) is 0 Å². The van der Waals surface area contributed by atoms with Crippen LogP contribution in [0.2, 0.25) is 0 Å². The molecular formula is C17H13F3N6O. The van der Waals surface area contributed by atoms with Gasteiger partial charge in [0.25, 0.3) is 0 Å². The number of hydrogen-bond donors (Lipinski definition) is 2. The van der Waals surface area contributed by atoms with Crippen molar-refractivity contribution in [1.29, 1.82) is 5.26 Å². The summed E-state index contributed by atoms with van der Waals surface area (Å²) in [5, 5.41) is 19.5. The lowest BCUT2D eigenvalue weighted by Crippen LogP contribution is -2.18. The highest BCUT2D eigenvalue weighted by Gasteiger charge is 2.32. The molecule has 10 heteroatoms. The first-order chi connectivity index (χ1) is 12.9. The normalized spacial score (nSPS) is 14.0. The summed E-state index contributed by atoms with van der Waals surface area (Å²) in [5.74, 6) is -0.170. The number of alkyl halides is 3. The third kappa shape index (κ3) is 3.87. The molecule has 138 valence electrons. The summed E-state index contributed by atoms with van der Waals surface area (Å²) >= 11 is 0. The van der Waals surface area contributed by atoms with Gasteiger partial charge in [0.1, 0.15) is 0 Å². The fourth-order valence-electron chi connectivity index (χ4n) is 2.58. The van der Waals surface area contributed by atoms with Gasteiger partial charge >= 0.3 is 6.36 Å². The van der Waals surface area contributed by atoms with E-state index < -0.39 is 12.1 Å². The second kappa shape index (κ2) is 6.35. The van der Waals surface area contributed by atoms with Crippen LogP contribution in [0.25, 0.3) is 5.65 Å². The highest BCUT2D eigenvalue weighted by Crippen LogP contribution is 2.34. The Labute approximate surface area is 151 Å². The number of nitrogens with zero attached hydrogens (tertiary/aromatic N) is 4. The van der Waals surface area contributed by atoms with E-state index in [0.29, 0.717) is 11.7 Å². The first-order valence-corrected chi connectivity index (χ1v) is 8.09. The van der Waals surface area contributed by atoms with Gasteiger partial charge in [0.2, 0.25) is 0 Å². The molecule has 4 rings (SSSR count). The smallest absolute Gasteiger partial charge is 0.404 e. The van der Waals surface area contributed by atoms with Gasteiger partial charge in [-0.2, -0.15) is 5.26 Å². The zero-order valence-corrected chi connectivity index (χ0v) is 13.8. The van der Waals surface area contributed by atoms with Crippen molar-refractivity contribution < 1.29 is 17.9 Å². The number of hydrogen-bond acceptors (Lipinski definition) is 6. The summed E-state index contributed by atoms with van der Waals surface area (Å²) in [6.07, 6.45) is 0.457. The molecule has 1 aromatic carbocycles. The van der Waals surface area contributed by atoms with E-state index in [0.717, 1.165) is 24.6 Å². The molecule has 3 aromatic rings. The van der Waals surface area contributed by atoms with Gasteiger partial charge in [-0.05, 0) is 31.0 Å². The fourth-order valence-corrected chi connectivity index (χ4v) is 2.58. The predicted octanol–water partition coefficient (Wildman–Crippen LogP) is 3.82. The number of ether oxygens (including phenoxy) is 1. The lowest BCUT2D eigenvalue weighted by molar-refractivity contribution is -0.274. The van der Waals surface area contributed by atoms with Gasteiger partial charge < -0.3 is 15.4 Å². The molecule has 1 saturated carbocycles. The number of anilines is 3. The number of nitriles is 1. The van der Waals surface area contributed by atoms with E-state index in [1.54, 1.807) is 18.5 Å². The number of rotatable bonds is 5. The van der Waals surface area contributed by atoms with Crippen LogP contribution in [-0.4, -0.2) is 27.0 Å². The summed E-state index contributed by atoms with van der Waals surface area (Å²) < 4.78 is 43.6. The number of fused-ring (bicyclic) bond motifs is 1. The van der Waals surface area contributed by atoms with Gasteiger partial charge in [-0.25, -0.2) is 9.50 Å². The third-order valence-corrected chi connectivity index (χ3v) is 3.89. The van der Waals surface area contributed by atoms with E-state index >= 15 is 0 Å². The third-order valence-electron chi connectivity index (χ3n) is 3.89. The van der Waals surface area contributed by atoms with Crippen molar-refractivity contribution in [2.75, 3.05) is 10.6 Å². The Morgan fingerprint density at radius 3 is 2.74 bits per heavy atom. The molecule has 1 aliphatic rings. The van der Waals surface area contributed by atoms with Gasteiger partial charge in [0.15, 0.2) is 17.2 Å². The van der Waals surface area contributed by atoms with E-state index in [-0.39, 0.29) is 17.1 Å². The summed E-state index contributed by atoms with van der Waals surface area (Å²) in [6, 6.07) is 7.52. The standard InChI is InChI=1S/C17H13F3N6O/c18-17(19,20)27-14-4-1-10(9-21)7-12(14)24-15-8-13(23-11-2-3-11)16-22-5-6-26(16)25-15/h1,4-8,11,23H,2-3H2,(H,24,25). The minimum absolute atomic E-state index is 0.0179. The Morgan fingerprint density at radius 2 is 2.04 bits per heavy atom. The number of nitrogens with one attached hydrogen (secondary N) is 2. The molecule has 2 aromatic heterocycles. The summed E-state index contributed by atoms with van der Waals surface area (Å²) in [4.78, 5) is 4.23. The van der Waals surface area contributed by atoms with Crippen molar-refractivity contribution in [2.45, 2.75) is 25.2 Å². The van der Waals surface area contributed by atoms with Gasteiger partial charge in [0, 0.05) is 24.5 Å². The molecule has 0 saturated heterocycles. The quantitative estimate of drug-likeness (QED) is 0.706. The van der Waals surface area contributed by atoms with Crippen LogP contribution in [0.4, 0.5) is 30.4 Å². The highest BCUT2D eigenvalue weighted by molar-refractivity contribution is 5.74. The predicted molar refractivity (Wildman–Crippen MR) is 90.8 cm³/mol. The first-order valence-electron chi connectivity index (χ1n) is 8.09. The summed E-state index contributed by atoms with van der Waals surface area (Å²) in [5.41, 5.74) is 1.50. The summed E-state index contributed by atoms with van der Waals surface area (Å²) in [6.45, 7) is 0. The Balaban J connectivity index is 1.71. The minimum atomic E-state index is -4.86. The molecule has 0 aliphatic heterocycles. The monoisotopic (exact) mass is 374 g/mol. The molecule has 1 aliphatic carbocycles. The second-order valence-electron chi connectivity index (χ2n) is 6.05. The Morgan fingerprint density at radius 1 is 1.22 bits per heavy atom. The minimum Gasteiger partial charge on any atom is -0.404 e. The molecule has 1 fully saturated rings. The fraction of sp³-hybridized carbons (Fsp3) is 0.235. The van der Waals surface area contributed by atoms with Crippen LogP contribution in [-0.2, 0) is 0 Å². The molecule has 0 atom stereocenters. The summed E-state index contributed by atoms with van der Waals surface area (Å²) in [7, 11) is 0. The van der Waals surface area contributed by atoms with Crippen LogP contribution in [0.5, 0.6) is 5.75 Å². The molecule has 7 nitrogen and oxygen atoms in total. The van der Waals surface area contributed by atoms with E-state index in [4.69, 9.17) is 5.26 Å². The molecule has 0 amide bonds. The van der Waals surface area contributed by atoms with Gasteiger partial charge in [-0.1, -0.05) is 0 Å². The van der Waals surface area contributed by atoms with Crippen LogP contribution in [0, 0.1) is 11.3 Å². The van der Waals surface area contributed by atoms with E-state index in [2.05, 4.69) is 25.5 Å². The molecule has 2 heterocycles. The van der Waals surface area contributed by atoms with Crippen molar-refractivity contribution in [3.63, 3.8) is 0 Å². The first kappa shape index (κ1) is 17.0. The zero-order chi connectivity index (χ0) is 19.0. The largest absolute Gasteiger partial charge is 0.573 e. The maximum atomic E-state index is 12.7. The Hall–Kier alpha value is -3.48. The van der Waals surface area contributed by atoms with E-state index in [1.807, 2.05) is 6.07 Å². The van der Waals surface area contributed by atoms with E-state index in [9.17, 15) is 13.2 Å². The van der Waals surface area contributed by atoms with Crippen molar-refractivity contribution in [2.24, 2.45) is 0 Å². The molecule has 27 heavy (non-hydrogen) atoms. The molecular weight excluding hydrogens is 361 g/mol. The van der Waals surface area contributed by atoms with Crippen LogP contribution in [0.15, 0.2) is 36.7 Å². The molecule has 0 bridgehead atoms. The molecule has 0 spiro atoms. The second-order valence-corrected chi connectivity index (χ2v) is 6.05. The van der Waals surface area contributed by atoms with Crippen molar-refractivity contribution >= 4 is 22.8 Å². The van der Waals surface area contributed by atoms with Crippen LogP contribution in [0.3, 0.4) is 0 Å². The lowest BCUT2D eigenvalue weighted by atomic mass is 10.2. The zero-order valence-electron chi connectivity index (χ0n) is 13.8. The number of aromatic nitrogens is 3. The average Bonchev–Trinajstić information content (AvgIpc) is 3.29. The molecule has 0 unspecified atom stereocenters. The van der Waals surface area contributed by atoms with Crippen LogP contribution in [0.1, 0.15) is 18.4 Å². The number of imidazole rings is 1. The maximum absolute atomic E-state index is 12.7. The van der Waals surface area contributed by atoms with E-state index in [1.165, 1.54) is 16.6 Å². The van der Waals surface area contributed by atoms with Crippen LogP contribution >= 0.6 is 0 Å². The van der Waals surface area contributed by atoms with Gasteiger partial charge in [-0.15, -0.1) is 18.3 Å². The SMILES string of the molecule is N#Cc1ccc(OC(F)(F)F)c(Nc2cc(NC3CC3)c3nccn3n2)c1. The Bertz CT molecular complexity index is 1040. The Kier molecular flexibility index (Phi) is 3.99. The highest BCUT2D eigenvalue weighted by atomic mass is 19.4.